The molecular weight excluding hydrogens is 198 g/mol. The second-order valence-electron chi connectivity index (χ2n) is 4.96. The summed E-state index contributed by atoms with van der Waals surface area (Å²) < 4.78 is 2.25. The molecule has 1 rings (SSSR count). The molecule has 3 heteroatoms. The van der Waals surface area contributed by atoms with Crippen LogP contribution in [0.4, 0.5) is 0 Å². The van der Waals surface area contributed by atoms with E-state index >= 15 is 0 Å². The van der Waals surface area contributed by atoms with Crippen molar-refractivity contribution in [1.82, 2.24) is 14.9 Å². The number of nitrogens with zero attached hydrogens (tertiary/aromatic N) is 2. The first kappa shape index (κ1) is 13.2. The Hall–Kier alpha value is -0.830. The fourth-order valence-electron chi connectivity index (χ4n) is 1.87. The van der Waals surface area contributed by atoms with E-state index < -0.39 is 0 Å². The molecule has 1 heterocycles. The van der Waals surface area contributed by atoms with Gasteiger partial charge in [0.2, 0.25) is 0 Å². The van der Waals surface area contributed by atoms with E-state index in [0.29, 0.717) is 12.0 Å². The molecular formula is C13H25N3. The smallest absolute Gasteiger partial charge is 0.122 e. The Morgan fingerprint density at radius 3 is 2.75 bits per heavy atom. The first-order chi connectivity index (χ1) is 7.63. The first-order valence-corrected chi connectivity index (χ1v) is 6.36. The van der Waals surface area contributed by atoms with Crippen LogP contribution in [0.15, 0.2) is 12.4 Å². The van der Waals surface area contributed by atoms with E-state index in [1.165, 1.54) is 12.8 Å². The molecule has 0 aliphatic carbocycles. The van der Waals surface area contributed by atoms with E-state index in [2.05, 4.69) is 48.8 Å². The molecule has 0 aliphatic heterocycles. The van der Waals surface area contributed by atoms with Gasteiger partial charge in [0.05, 0.1) is 6.54 Å². The molecule has 0 amide bonds. The Kier molecular flexibility index (Phi) is 5.53. The van der Waals surface area contributed by atoms with Crippen LogP contribution < -0.4 is 5.32 Å². The van der Waals surface area contributed by atoms with Crippen LogP contribution >= 0.6 is 0 Å². The third-order valence-corrected chi connectivity index (χ3v) is 2.69. The topological polar surface area (TPSA) is 29.9 Å². The van der Waals surface area contributed by atoms with Crippen LogP contribution in [0, 0.1) is 5.92 Å². The minimum atomic E-state index is 0.578. The summed E-state index contributed by atoms with van der Waals surface area (Å²) >= 11 is 0. The summed E-state index contributed by atoms with van der Waals surface area (Å²) in [7, 11) is 0. The Bertz CT molecular complexity index is 291. The monoisotopic (exact) mass is 223 g/mol. The fourth-order valence-corrected chi connectivity index (χ4v) is 1.87. The van der Waals surface area contributed by atoms with Gasteiger partial charge in [0.1, 0.15) is 5.82 Å². The molecule has 16 heavy (non-hydrogen) atoms. The second-order valence-corrected chi connectivity index (χ2v) is 4.96. The molecule has 0 radical (unpaired) electrons. The predicted molar refractivity (Wildman–Crippen MR) is 68.3 cm³/mol. The largest absolute Gasteiger partial charge is 0.334 e. The van der Waals surface area contributed by atoms with Crippen molar-refractivity contribution in [2.45, 2.75) is 59.7 Å². The summed E-state index contributed by atoms with van der Waals surface area (Å²) in [6, 6.07) is 0.578. The van der Waals surface area contributed by atoms with Gasteiger partial charge >= 0.3 is 0 Å². The Labute approximate surface area is 99.3 Å². The lowest BCUT2D eigenvalue weighted by atomic mass is 10.2. The lowest BCUT2D eigenvalue weighted by Gasteiger charge is -2.14. The maximum Gasteiger partial charge on any atom is 0.122 e. The van der Waals surface area contributed by atoms with Crippen molar-refractivity contribution in [3.8, 4) is 0 Å². The first-order valence-electron chi connectivity index (χ1n) is 6.36. The summed E-state index contributed by atoms with van der Waals surface area (Å²) in [5.74, 6) is 1.82. The van der Waals surface area contributed by atoms with Crippen LogP contribution in [-0.2, 0) is 13.1 Å². The summed E-state index contributed by atoms with van der Waals surface area (Å²) in [4.78, 5) is 4.40. The van der Waals surface area contributed by atoms with Crippen molar-refractivity contribution >= 4 is 0 Å². The van der Waals surface area contributed by atoms with E-state index in [0.717, 1.165) is 18.9 Å². The van der Waals surface area contributed by atoms with Crippen molar-refractivity contribution in [2.75, 3.05) is 0 Å². The molecule has 92 valence electrons. The summed E-state index contributed by atoms with van der Waals surface area (Å²) in [6.45, 7) is 10.9. The minimum Gasteiger partial charge on any atom is -0.334 e. The summed E-state index contributed by atoms with van der Waals surface area (Å²) in [5.41, 5.74) is 0. The number of hydrogen-bond acceptors (Lipinski definition) is 2. The van der Waals surface area contributed by atoms with Crippen LogP contribution in [0.5, 0.6) is 0 Å². The SMILES string of the molecule is CCCC(C)NCc1nccn1CC(C)C. The van der Waals surface area contributed by atoms with Crippen molar-refractivity contribution in [3.63, 3.8) is 0 Å². The van der Waals surface area contributed by atoms with Gasteiger partial charge < -0.3 is 9.88 Å². The van der Waals surface area contributed by atoms with Crippen molar-refractivity contribution in [2.24, 2.45) is 5.92 Å². The molecule has 3 nitrogen and oxygen atoms in total. The Morgan fingerprint density at radius 1 is 1.38 bits per heavy atom. The van der Waals surface area contributed by atoms with E-state index in [-0.39, 0.29) is 0 Å². The zero-order valence-corrected chi connectivity index (χ0v) is 11.0. The van der Waals surface area contributed by atoms with Crippen LogP contribution in [0.2, 0.25) is 0 Å². The lowest BCUT2D eigenvalue weighted by Crippen LogP contribution is -2.27. The van der Waals surface area contributed by atoms with Gasteiger partial charge in [0.25, 0.3) is 0 Å². The molecule has 0 fully saturated rings. The fraction of sp³-hybridized carbons (Fsp3) is 0.769. The molecule has 0 saturated carbocycles. The van der Waals surface area contributed by atoms with Crippen LogP contribution in [0.3, 0.4) is 0 Å². The highest BCUT2D eigenvalue weighted by Gasteiger charge is 2.06. The highest BCUT2D eigenvalue weighted by Crippen LogP contribution is 2.04. The number of hydrogen-bond donors (Lipinski definition) is 1. The van der Waals surface area contributed by atoms with Crippen molar-refractivity contribution < 1.29 is 0 Å². The average Bonchev–Trinajstić information content (AvgIpc) is 2.62. The van der Waals surface area contributed by atoms with Crippen molar-refractivity contribution in [3.05, 3.63) is 18.2 Å². The maximum atomic E-state index is 4.40. The minimum absolute atomic E-state index is 0.578. The number of aromatic nitrogens is 2. The highest BCUT2D eigenvalue weighted by atomic mass is 15.1. The van der Waals surface area contributed by atoms with Crippen LogP contribution in [0.25, 0.3) is 0 Å². The lowest BCUT2D eigenvalue weighted by molar-refractivity contribution is 0.464. The summed E-state index contributed by atoms with van der Waals surface area (Å²) in [5, 5.41) is 3.52. The molecule has 0 spiro atoms. The number of imidazole rings is 1. The van der Waals surface area contributed by atoms with Gasteiger partial charge in [-0.05, 0) is 19.3 Å². The predicted octanol–water partition coefficient (Wildman–Crippen LogP) is 2.82. The third-order valence-electron chi connectivity index (χ3n) is 2.69. The van der Waals surface area contributed by atoms with E-state index in [9.17, 15) is 0 Å². The molecule has 0 aromatic carbocycles. The van der Waals surface area contributed by atoms with Gasteiger partial charge in [-0.15, -0.1) is 0 Å². The normalized spacial score (nSPS) is 13.3. The molecule has 1 N–H and O–H groups in total. The summed E-state index contributed by atoms with van der Waals surface area (Å²) in [6.07, 6.45) is 6.42. The van der Waals surface area contributed by atoms with E-state index in [1.54, 1.807) is 0 Å². The standard InChI is InChI=1S/C13H25N3/c1-5-6-12(4)15-9-13-14-7-8-16(13)10-11(2)3/h7-8,11-12,15H,5-6,9-10H2,1-4H3. The van der Waals surface area contributed by atoms with Gasteiger partial charge in [0.15, 0.2) is 0 Å². The number of nitrogens with one attached hydrogen (secondary N) is 1. The average molecular weight is 223 g/mol. The second kappa shape index (κ2) is 6.69. The zero-order chi connectivity index (χ0) is 12.0. The van der Waals surface area contributed by atoms with Gasteiger partial charge in [0, 0.05) is 25.0 Å². The van der Waals surface area contributed by atoms with Gasteiger partial charge in [-0.2, -0.15) is 0 Å². The molecule has 1 aromatic rings. The van der Waals surface area contributed by atoms with E-state index in [4.69, 9.17) is 0 Å². The van der Waals surface area contributed by atoms with Gasteiger partial charge in [-0.25, -0.2) is 4.98 Å². The molecule has 0 bridgehead atoms. The Balaban J connectivity index is 2.44. The number of rotatable bonds is 7. The quantitative estimate of drug-likeness (QED) is 0.770. The zero-order valence-electron chi connectivity index (χ0n) is 11.0. The van der Waals surface area contributed by atoms with Gasteiger partial charge in [-0.3, -0.25) is 0 Å². The third kappa shape index (κ3) is 4.35. The Morgan fingerprint density at radius 2 is 2.12 bits per heavy atom. The molecule has 0 saturated heterocycles. The van der Waals surface area contributed by atoms with E-state index in [1.807, 2.05) is 6.20 Å². The van der Waals surface area contributed by atoms with Crippen molar-refractivity contribution in [1.29, 1.82) is 0 Å². The highest BCUT2D eigenvalue weighted by molar-refractivity contribution is 4.92. The molecule has 1 unspecified atom stereocenters. The molecule has 0 aliphatic rings. The molecule has 1 atom stereocenters. The maximum absolute atomic E-state index is 4.40. The van der Waals surface area contributed by atoms with Gasteiger partial charge in [-0.1, -0.05) is 27.2 Å². The van der Waals surface area contributed by atoms with Crippen LogP contribution in [-0.4, -0.2) is 15.6 Å². The van der Waals surface area contributed by atoms with Crippen LogP contribution in [0.1, 0.15) is 46.4 Å². The molecule has 1 aromatic heterocycles.